The summed E-state index contributed by atoms with van der Waals surface area (Å²) in [5.74, 6) is 0.353. The number of hydrogen-bond donors (Lipinski definition) is 1. The van der Waals surface area contributed by atoms with Crippen LogP contribution in [0.3, 0.4) is 0 Å². The minimum absolute atomic E-state index is 0.0455. The molecule has 25 heavy (non-hydrogen) atoms. The first-order chi connectivity index (χ1) is 12.1. The summed E-state index contributed by atoms with van der Waals surface area (Å²) in [7, 11) is 1.95. The van der Waals surface area contributed by atoms with Gasteiger partial charge in [0, 0.05) is 41.9 Å². The first kappa shape index (κ1) is 16.4. The van der Waals surface area contributed by atoms with Crippen LogP contribution in [0.5, 0.6) is 0 Å². The van der Waals surface area contributed by atoms with E-state index in [1.54, 1.807) is 11.3 Å². The molecule has 4 rings (SSSR count). The van der Waals surface area contributed by atoms with Gasteiger partial charge in [-0.2, -0.15) is 5.10 Å². The van der Waals surface area contributed by atoms with E-state index >= 15 is 0 Å². The van der Waals surface area contributed by atoms with Crippen molar-refractivity contribution < 1.29 is 9.59 Å². The number of carbonyl (C=O) groups excluding carboxylic acids is 2. The molecule has 1 saturated carbocycles. The highest BCUT2D eigenvalue weighted by atomic mass is 32.1. The maximum Gasteiger partial charge on any atom is 0.226 e. The maximum atomic E-state index is 12.3. The molecular formula is C18H22N4O2S. The van der Waals surface area contributed by atoms with Crippen molar-refractivity contribution in [2.45, 2.75) is 51.4 Å². The molecule has 0 spiro atoms. The van der Waals surface area contributed by atoms with Crippen molar-refractivity contribution in [3.05, 3.63) is 16.8 Å². The van der Waals surface area contributed by atoms with E-state index in [4.69, 9.17) is 0 Å². The zero-order chi connectivity index (χ0) is 17.4. The fourth-order valence-electron chi connectivity index (χ4n) is 3.82. The molecule has 0 bridgehead atoms. The number of thiazole rings is 1. The molecule has 0 aromatic carbocycles. The molecule has 2 aliphatic rings. The smallest absolute Gasteiger partial charge is 0.226 e. The average molecular weight is 358 g/mol. The van der Waals surface area contributed by atoms with Crippen LogP contribution in [0, 0.1) is 5.92 Å². The number of rotatable bonds is 4. The predicted octanol–water partition coefficient (Wildman–Crippen LogP) is 3.12. The number of fused-ring (bicyclic) bond motifs is 3. The Morgan fingerprint density at radius 2 is 2.24 bits per heavy atom. The number of hydrogen-bond acceptors (Lipinski definition) is 5. The van der Waals surface area contributed by atoms with Crippen molar-refractivity contribution in [1.82, 2.24) is 14.8 Å². The van der Waals surface area contributed by atoms with E-state index in [2.05, 4.69) is 15.4 Å². The van der Waals surface area contributed by atoms with Crippen molar-refractivity contribution >= 4 is 28.2 Å². The summed E-state index contributed by atoms with van der Waals surface area (Å²) in [6.07, 6.45) is 8.51. The van der Waals surface area contributed by atoms with Crippen LogP contribution in [0.15, 0.2) is 6.20 Å². The van der Waals surface area contributed by atoms with E-state index in [0.29, 0.717) is 30.2 Å². The summed E-state index contributed by atoms with van der Waals surface area (Å²) in [4.78, 5) is 29.9. The number of aryl methyl sites for hydroxylation is 2. The maximum absolute atomic E-state index is 12.3. The van der Waals surface area contributed by atoms with E-state index in [9.17, 15) is 9.59 Å². The third-order valence-electron chi connectivity index (χ3n) is 5.25. The number of carbonyl (C=O) groups is 2. The van der Waals surface area contributed by atoms with Gasteiger partial charge < -0.3 is 5.32 Å². The average Bonchev–Trinajstić information content (AvgIpc) is 3.17. The lowest BCUT2D eigenvalue weighted by atomic mass is 9.85. The van der Waals surface area contributed by atoms with E-state index < -0.39 is 0 Å². The summed E-state index contributed by atoms with van der Waals surface area (Å²) in [6.45, 7) is 0. The third-order valence-corrected chi connectivity index (χ3v) is 6.28. The Morgan fingerprint density at radius 1 is 1.36 bits per heavy atom. The zero-order valence-electron chi connectivity index (χ0n) is 14.4. The molecular weight excluding hydrogens is 336 g/mol. The molecule has 1 N–H and O–H groups in total. The van der Waals surface area contributed by atoms with E-state index in [-0.39, 0.29) is 11.8 Å². The number of ketones is 1. The molecule has 6 nitrogen and oxygen atoms in total. The van der Waals surface area contributed by atoms with Crippen molar-refractivity contribution in [2.75, 3.05) is 5.32 Å². The van der Waals surface area contributed by atoms with E-state index in [1.807, 2.05) is 17.9 Å². The van der Waals surface area contributed by atoms with Crippen LogP contribution in [0.2, 0.25) is 0 Å². The summed E-state index contributed by atoms with van der Waals surface area (Å²) in [6, 6.07) is 0. The Balaban J connectivity index is 1.40. The van der Waals surface area contributed by atoms with Gasteiger partial charge in [0.2, 0.25) is 5.91 Å². The Kier molecular flexibility index (Phi) is 4.41. The van der Waals surface area contributed by atoms with Crippen LogP contribution < -0.4 is 5.32 Å². The molecule has 2 aromatic heterocycles. The Morgan fingerprint density at radius 3 is 3.08 bits per heavy atom. The van der Waals surface area contributed by atoms with Crippen molar-refractivity contribution in [3.8, 4) is 11.3 Å². The lowest BCUT2D eigenvalue weighted by Gasteiger charge is -2.19. The quantitative estimate of drug-likeness (QED) is 0.911. The standard InChI is InChI=1S/C18H22N4O2S/c1-22-13-7-8-15-17(12(13)10-19-22)21-18(25-15)20-16(24)9-6-11-4-2-3-5-14(11)23/h10-11H,2-9H2,1H3,(H,20,21,24)/t11-/m0/s1. The number of anilines is 1. The Hall–Kier alpha value is -2.02. The molecule has 1 amide bonds. The first-order valence-electron chi connectivity index (χ1n) is 8.95. The molecule has 2 aromatic rings. The minimum atomic E-state index is -0.0455. The van der Waals surface area contributed by atoms with Gasteiger partial charge >= 0.3 is 0 Å². The second kappa shape index (κ2) is 6.71. The zero-order valence-corrected chi connectivity index (χ0v) is 15.2. The van der Waals surface area contributed by atoms with Gasteiger partial charge in [-0.3, -0.25) is 14.3 Å². The van der Waals surface area contributed by atoms with Crippen LogP contribution >= 0.6 is 11.3 Å². The number of nitrogens with one attached hydrogen (secondary N) is 1. The van der Waals surface area contributed by atoms with Crippen molar-refractivity contribution in [2.24, 2.45) is 13.0 Å². The highest BCUT2D eigenvalue weighted by molar-refractivity contribution is 7.16. The van der Waals surface area contributed by atoms with Crippen LogP contribution in [0.1, 0.15) is 49.1 Å². The molecule has 0 aliphatic heterocycles. The van der Waals surface area contributed by atoms with Crippen LogP contribution in [0.25, 0.3) is 11.3 Å². The van der Waals surface area contributed by atoms with Gasteiger partial charge in [-0.15, -0.1) is 11.3 Å². The lowest BCUT2D eigenvalue weighted by molar-refractivity contribution is -0.125. The second-order valence-corrected chi connectivity index (χ2v) is 8.00. The fraction of sp³-hybridized carbons (Fsp3) is 0.556. The summed E-state index contributed by atoms with van der Waals surface area (Å²) in [5, 5.41) is 7.89. The number of nitrogens with zero attached hydrogens (tertiary/aromatic N) is 3. The molecule has 0 radical (unpaired) electrons. The van der Waals surface area contributed by atoms with Gasteiger partial charge in [0.15, 0.2) is 5.13 Å². The van der Waals surface area contributed by atoms with Crippen LogP contribution in [-0.4, -0.2) is 26.5 Å². The van der Waals surface area contributed by atoms with Gasteiger partial charge in [-0.1, -0.05) is 6.42 Å². The first-order valence-corrected chi connectivity index (χ1v) is 9.77. The lowest BCUT2D eigenvalue weighted by Crippen LogP contribution is -2.21. The molecule has 1 fully saturated rings. The normalized spacial score (nSPS) is 19.4. The molecule has 1 atom stereocenters. The second-order valence-electron chi connectivity index (χ2n) is 6.92. The van der Waals surface area contributed by atoms with Crippen LogP contribution in [-0.2, 0) is 29.5 Å². The fourth-order valence-corrected chi connectivity index (χ4v) is 4.81. The van der Waals surface area contributed by atoms with Crippen molar-refractivity contribution in [3.63, 3.8) is 0 Å². The highest BCUT2D eigenvalue weighted by Crippen LogP contribution is 2.37. The number of Topliss-reactive ketones (excluding diaryl/α,β-unsaturated/α-hetero) is 1. The monoisotopic (exact) mass is 358 g/mol. The van der Waals surface area contributed by atoms with Crippen molar-refractivity contribution in [1.29, 1.82) is 0 Å². The summed E-state index contributed by atoms with van der Waals surface area (Å²) < 4.78 is 1.90. The molecule has 0 unspecified atom stereocenters. The topological polar surface area (TPSA) is 76.9 Å². The molecule has 0 saturated heterocycles. The molecule has 132 valence electrons. The minimum Gasteiger partial charge on any atom is -0.302 e. The summed E-state index contributed by atoms with van der Waals surface area (Å²) >= 11 is 1.55. The van der Waals surface area contributed by atoms with Gasteiger partial charge in [0.25, 0.3) is 0 Å². The third kappa shape index (κ3) is 3.25. The molecule has 2 heterocycles. The highest BCUT2D eigenvalue weighted by Gasteiger charge is 2.25. The van der Waals surface area contributed by atoms with Crippen LogP contribution in [0.4, 0.5) is 5.13 Å². The largest absolute Gasteiger partial charge is 0.302 e. The number of amides is 1. The summed E-state index contributed by atoms with van der Waals surface area (Å²) in [5.41, 5.74) is 3.23. The van der Waals surface area contributed by atoms with E-state index in [0.717, 1.165) is 43.4 Å². The van der Waals surface area contributed by atoms with Gasteiger partial charge in [0.05, 0.1) is 11.9 Å². The molecule has 7 heteroatoms. The number of aromatic nitrogens is 3. The van der Waals surface area contributed by atoms with Gasteiger partial charge in [-0.05, 0) is 32.1 Å². The van der Waals surface area contributed by atoms with E-state index in [1.165, 1.54) is 10.6 Å². The SMILES string of the molecule is Cn1ncc2c1CCc1sc(NC(=O)CC[C@@H]3CCCCC3=O)nc1-2. The predicted molar refractivity (Wildman–Crippen MR) is 96.6 cm³/mol. The van der Waals surface area contributed by atoms with Gasteiger partial charge in [-0.25, -0.2) is 4.98 Å². The Labute approximate surface area is 150 Å². The molecule has 2 aliphatic carbocycles. The Bertz CT molecular complexity index is 823. The van der Waals surface area contributed by atoms with Gasteiger partial charge in [0.1, 0.15) is 5.78 Å².